The third-order valence-corrected chi connectivity index (χ3v) is 4.68. The number of sulfonamides is 1. The third kappa shape index (κ3) is 3.18. The van der Waals surface area contributed by atoms with Gasteiger partial charge in [-0.1, -0.05) is 32.9 Å². The van der Waals surface area contributed by atoms with Gasteiger partial charge in [-0.05, 0) is 23.1 Å². The first-order valence-corrected chi connectivity index (χ1v) is 8.00. The van der Waals surface area contributed by atoms with E-state index in [4.69, 9.17) is 5.73 Å². The Balaban J connectivity index is 2.30. The van der Waals surface area contributed by atoms with E-state index in [1.54, 1.807) is 19.2 Å². The number of nitrogens with two attached hydrogens (primary N) is 1. The summed E-state index contributed by atoms with van der Waals surface area (Å²) in [6.45, 7) is 6.30. The molecule has 0 saturated heterocycles. The highest BCUT2D eigenvalue weighted by atomic mass is 32.2. The number of aryl methyl sites for hydroxylation is 1. The van der Waals surface area contributed by atoms with Crippen LogP contribution in [0.5, 0.6) is 0 Å². The number of nitrogens with one attached hydrogen (secondary N) is 1. The summed E-state index contributed by atoms with van der Waals surface area (Å²) in [4.78, 5) is 3.79. The molecule has 0 radical (unpaired) electrons. The van der Waals surface area contributed by atoms with Crippen molar-refractivity contribution in [2.45, 2.75) is 31.2 Å². The number of nitrogens with zero attached hydrogens (tertiary/aromatic N) is 2. The first kappa shape index (κ1) is 15.4. The van der Waals surface area contributed by atoms with Gasteiger partial charge in [0.05, 0.1) is 6.33 Å². The maximum Gasteiger partial charge on any atom is 0.281 e. The van der Waals surface area contributed by atoms with Crippen molar-refractivity contribution in [1.82, 2.24) is 9.55 Å². The van der Waals surface area contributed by atoms with E-state index in [1.165, 1.54) is 10.9 Å². The molecule has 0 spiro atoms. The molecule has 114 valence electrons. The van der Waals surface area contributed by atoms with Crippen LogP contribution < -0.4 is 10.5 Å². The first-order chi connectivity index (χ1) is 9.61. The van der Waals surface area contributed by atoms with Gasteiger partial charge in [0.1, 0.15) is 0 Å². The zero-order valence-electron chi connectivity index (χ0n) is 12.6. The van der Waals surface area contributed by atoms with Crippen LogP contribution in [-0.2, 0) is 22.5 Å². The number of aromatic nitrogens is 2. The summed E-state index contributed by atoms with van der Waals surface area (Å²) in [5.74, 6) is -0.0173. The highest BCUT2D eigenvalue weighted by Gasteiger charge is 2.22. The van der Waals surface area contributed by atoms with E-state index in [2.05, 4.69) is 30.5 Å². The average molecular weight is 308 g/mol. The Morgan fingerprint density at radius 1 is 1.19 bits per heavy atom. The highest BCUT2D eigenvalue weighted by molar-refractivity contribution is 7.92. The zero-order chi connectivity index (χ0) is 15.8. The van der Waals surface area contributed by atoms with E-state index in [-0.39, 0.29) is 16.3 Å². The standard InChI is InChI=1S/C14H20N4O2S/c1-14(2,3)10-5-7-11(8-6-10)17-21(19,20)13-12(15)16-9-18(13)4/h5-9,17H,15H2,1-4H3. The minimum absolute atomic E-state index is 0.0173. The number of hydrogen-bond donors (Lipinski definition) is 2. The van der Waals surface area contributed by atoms with Crippen LogP contribution in [0.1, 0.15) is 26.3 Å². The molecule has 1 aromatic heterocycles. The SMILES string of the molecule is Cn1cnc(N)c1S(=O)(=O)Nc1ccc(C(C)(C)C)cc1. The molecule has 2 aromatic rings. The minimum atomic E-state index is -3.75. The highest BCUT2D eigenvalue weighted by Crippen LogP contribution is 2.25. The maximum atomic E-state index is 12.3. The fourth-order valence-electron chi connectivity index (χ4n) is 2.01. The van der Waals surface area contributed by atoms with Gasteiger partial charge >= 0.3 is 0 Å². The summed E-state index contributed by atoms with van der Waals surface area (Å²) in [5, 5.41) is -0.0394. The van der Waals surface area contributed by atoms with Gasteiger partial charge < -0.3 is 10.3 Å². The molecule has 1 aromatic carbocycles. The van der Waals surface area contributed by atoms with E-state index in [1.807, 2.05) is 12.1 Å². The van der Waals surface area contributed by atoms with Crippen molar-refractivity contribution < 1.29 is 8.42 Å². The Morgan fingerprint density at radius 2 is 1.76 bits per heavy atom. The van der Waals surface area contributed by atoms with Crippen molar-refractivity contribution in [2.24, 2.45) is 7.05 Å². The molecule has 3 N–H and O–H groups in total. The molecule has 0 aliphatic rings. The molecular formula is C14H20N4O2S. The molecule has 2 rings (SSSR count). The third-order valence-electron chi connectivity index (χ3n) is 3.17. The summed E-state index contributed by atoms with van der Waals surface area (Å²) in [7, 11) is -2.17. The lowest BCUT2D eigenvalue weighted by atomic mass is 9.87. The van der Waals surface area contributed by atoms with Gasteiger partial charge in [0.2, 0.25) is 0 Å². The van der Waals surface area contributed by atoms with Crippen molar-refractivity contribution in [3.63, 3.8) is 0 Å². The summed E-state index contributed by atoms with van der Waals surface area (Å²) < 4.78 is 28.6. The Bertz CT molecular complexity index is 721. The van der Waals surface area contributed by atoms with Crippen LogP contribution in [0.4, 0.5) is 11.5 Å². The van der Waals surface area contributed by atoms with Crippen LogP contribution >= 0.6 is 0 Å². The average Bonchev–Trinajstić information content (AvgIpc) is 2.68. The van der Waals surface area contributed by atoms with E-state index < -0.39 is 10.0 Å². The maximum absolute atomic E-state index is 12.3. The number of rotatable bonds is 3. The van der Waals surface area contributed by atoms with Crippen LogP contribution in [0.2, 0.25) is 0 Å². The predicted molar refractivity (Wildman–Crippen MR) is 83.6 cm³/mol. The van der Waals surface area contributed by atoms with Crippen molar-refractivity contribution in [3.8, 4) is 0 Å². The fraction of sp³-hybridized carbons (Fsp3) is 0.357. The van der Waals surface area contributed by atoms with Crippen LogP contribution in [0.3, 0.4) is 0 Å². The summed E-state index contributed by atoms with van der Waals surface area (Å²) in [6, 6.07) is 7.30. The molecule has 7 heteroatoms. The van der Waals surface area contributed by atoms with E-state index in [9.17, 15) is 8.42 Å². The molecule has 0 unspecified atom stereocenters. The summed E-state index contributed by atoms with van der Waals surface area (Å²) in [5.41, 5.74) is 7.25. The van der Waals surface area contributed by atoms with Gasteiger partial charge in [0.25, 0.3) is 10.0 Å². The lowest BCUT2D eigenvalue weighted by Crippen LogP contribution is -2.18. The Morgan fingerprint density at radius 3 is 2.19 bits per heavy atom. The Kier molecular flexibility index (Phi) is 3.71. The molecule has 6 nitrogen and oxygen atoms in total. The lowest BCUT2D eigenvalue weighted by molar-refractivity contribution is 0.590. The molecule has 0 atom stereocenters. The van der Waals surface area contributed by atoms with Crippen molar-refractivity contribution in [2.75, 3.05) is 10.5 Å². The molecule has 21 heavy (non-hydrogen) atoms. The van der Waals surface area contributed by atoms with Gasteiger partial charge in [0.15, 0.2) is 10.8 Å². The monoisotopic (exact) mass is 308 g/mol. The smallest absolute Gasteiger partial charge is 0.281 e. The zero-order valence-corrected chi connectivity index (χ0v) is 13.4. The van der Waals surface area contributed by atoms with E-state index in [0.717, 1.165) is 5.56 Å². The number of hydrogen-bond acceptors (Lipinski definition) is 4. The van der Waals surface area contributed by atoms with Crippen LogP contribution in [0, 0.1) is 0 Å². The number of imidazole rings is 1. The summed E-state index contributed by atoms with van der Waals surface area (Å²) in [6.07, 6.45) is 1.37. The van der Waals surface area contributed by atoms with Gasteiger partial charge in [-0.3, -0.25) is 4.72 Å². The van der Waals surface area contributed by atoms with Crippen LogP contribution in [0.25, 0.3) is 0 Å². The largest absolute Gasteiger partial charge is 0.381 e. The van der Waals surface area contributed by atoms with Crippen LogP contribution in [0.15, 0.2) is 35.6 Å². The Labute approximate surface area is 125 Å². The molecule has 1 heterocycles. The normalized spacial score (nSPS) is 12.4. The van der Waals surface area contributed by atoms with Gasteiger partial charge in [-0.2, -0.15) is 8.42 Å². The molecule has 0 aliphatic heterocycles. The van der Waals surface area contributed by atoms with E-state index in [0.29, 0.717) is 5.69 Å². The number of benzene rings is 1. The molecular weight excluding hydrogens is 288 g/mol. The van der Waals surface area contributed by atoms with Crippen molar-refractivity contribution in [3.05, 3.63) is 36.2 Å². The van der Waals surface area contributed by atoms with Gasteiger partial charge in [-0.25, -0.2) is 4.98 Å². The minimum Gasteiger partial charge on any atom is -0.381 e. The molecule has 0 bridgehead atoms. The quantitative estimate of drug-likeness (QED) is 0.908. The number of nitrogen functional groups attached to an aromatic ring is 1. The molecule has 0 aliphatic carbocycles. The van der Waals surface area contributed by atoms with Crippen molar-refractivity contribution >= 4 is 21.5 Å². The molecule has 0 fully saturated rings. The number of anilines is 2. The fourth-order valence-corrected chi connectivity index (χ4v) is 3.30. The van der Waals surface area contributed by atoms with Crippen molar-refractivity contribution in [1.29, 1.82) is 0 Å². The second-order valence-electron chi connectivity index (χ2n) is 5.98. The van der Waals surface area contributed by atoms with Gasteiger partial charge in [0, 0.05) is 12.7 Å². The van der Waals surface area contributed by atoms with E-state index >= 15 is 0 Å². The van der Waals surface area contributed by atoms with Gasteiger partial charge in [-0.15, -0.1) is 0 Å². The lowest BCUT2D eigenvalue weighted by Gasteiger charge is -2.19. The first-order valence-electron chi connectivity index (χ1n) is 6.51. The van der Waals surface area contributed by atoms with Crippen LogP contribution in [-0.4, -0.2) is 18.0 Å². The second kappa shape index (κ2) is 5.07. The molecule has 0 saturated carbocycles. The molecule has 0 amide bonds. The Hall–Kier alpha value is -2.02. The topological polar surface area (TPSA) is 90.0 Å². The predicted octanol–water partition coefficient (Wildman–Crippen LogP) is 2.10. The summed E-state index contributed by atoms with van der Waals surface area (Å²) >= 11 is 0. The second-order valence-corrected chi connectivity index (χ2v) is 7.58.